The summed E-state index contributed by atoms with van der Waals surface area (Å²) in [4.78, 5) is 15.7. The van der Waals surface area contributed by atoms with Crippen LogP contribution < -0.4 is 14.4 Å². The molecule has 1 atom stereocenters. The second kappa shape index (κ2) is 10.2. The maximum absolute atomic E-state index is 14.0. The fourth-order valence-electron chi connectivity index (χ4n) is 4.87. The molecule has 2 aliphatic heterocycles. The Bertz CT molecular complexity index is 1240. The number of hydrogen-bond donors (Lipinski definition) is 2. The molecule has 0 radical (unpaired) electrons. The summed E-state index contributed by atoms with van der Waals surface area (Å²) in [6.07, 6.45) is 4.49. The lowest BCUT2D eigenvalue weighted by Crippen LogP contribution is -2.24. The number of likely N-dealkylation sites (N-methyl/N-ethyl adjacent to an activating group) is 1. The minimum Gasteiger partial charge on any atom is -0.449 e. The van der Waals surface area contributed by atoms with Crippen molar-refractivity contribution in [3.63, 3.8) is 0 Å². The SMILES string of the molecule is CCN(CC)C/C=C\c1cc(F)ccc1S(=O)(=O)Nc1ccc2c(c1OC(=O)O)CC1CCCN21. The first kappa shape index (κ1) is 25.0. The third-order valence-corrected chi connectivity index (χ3v) is 8.05. The molecule has 2 aromatic carbocycles. The summed E-state index contributed by atoms with van der Waals surface area (Å²) in [6, 6.07) is 7.03. The summed E-state index contributed by atoms with van der Waals surface area (Å²) in [5, 5.41) is 9.33. The number of halogens is 1. The first-order valence-electron chi connectivity index (χ1n) is 11.8. The molecular formula is C25H30FN3O5S. The summed E-state index contributed by atoms with van der Waals surface area (Å²) in [7, 11) is -4.18. The molecule has 1 unspecified atom stereocenters. The van der Waals surface area contributed by atoms with Crippen LogP contribution in [-0.4, -0.2) is 56.8 Å². The Morgan fingerprint density at radius 2 is 2.06 bits per heavy atom. The van der Waals surface area contributed by atoms with Crippen LogP contribution in [0.15, 0.2) is 41.3 Å². The predicted octanol–water partition coefficient (Wildman–Crippen LogP) is 4.56. The van der Waals surface area contributed by atoms with Gasteiger partial charge in [-0.05, 0) is 68.2 Å². The molecule has 0 spiro atoms. The van der Waals surface area contributed by atoms with E-state index in [1.54, 1.807) is 18.2 Å². The zero-order chi connectivity index (χ0) is 25.2. The van der Waals surface area contributed by atoms with Gasteiger partial charge in [0.2, 0.25) is 0 Å². The first-order valence-corrected chi connectivity index (χ1v) is 13.3. The van der Waals surface area contributed by atoms with Gasteiger partial charge in [0.05, 0.1) is 10.6 Å². The quantitative estimate of drug-likeness (QED) is 0.382. The van der Waals surface area contributed by atoms with E-state index in [0.717, 1.165) is 44.2 Å². The van der Waals surface area contributed by atoms with Crippen LogP contribution in [0, 0.1) is 5.82 Å². The third-order valence-electron chi connectivity index (χ3n) is 6.61. The van der Waals surface area contributed by atoms with Gasteiger partial charge in [-0.25, -0.2) is 17.6 Å². The van der Waals surface area contributed by atoms with Crippen molar-refractivity contribution in [1.82, 2.24) is 4.90 Å². The molecule has 4 rings (SSSR count). The lowest BCUT2D eigenvalue weighted by atomic mass is 10.1. The number of anilines is 2. The van der Waals surface area contributed by atoms with E-state index in [2.05, 4.69) is 14.5 Å². The Kier molecular flexibility index (Phi) is 7.32. The van der Waals surface area contributed by atoms with Crippen molar-refractivity contribution in [2.45, 2.75) is 44.0 Å². The molecule has 2 heterocycles. The van der Waals surface area contributed by atoms with E-state index in [-0.39, 0.29) is 27.9 Å². The fourth-order valence-corrected chi connectivity index (χ4v) is 6.12. The standard InChI is InChI=1S/C25H30FN3O5S/c1-3-28(4-2)13-5-7-17-15-18(26)9-12-23(17)35(32,33)27-21-10-11-22-20(24(21)34-25(30)31)16-19-8-6-14-29(19)22/h5,7,9-12,15,19,27H,3-4,6,8,13-14,16H2,1-2H3,(H,30,31)/b7-5-. The van der Waals surface area contributed by atoms with E-state index < -0.39 is 22.0 Å². The van der Waals surface area contributed by atoms with Crippen LogP contribution in [0.4, 0.5) is 20.6 Å². The number of nitrogens with zero attached hydrogens (tertiary/aromatic N) is 2. The number of sulfonamides is 1. The van der Waals surface area contributed by atoms with Gasteiger partial charge >= 0.3 is 6.16 Å². The summed E-state index contributed by atoms with van der Waals surface area (Å²) in [5.74, 6) is -0.562. The number of benzene rings is 2. The van der Waals surface area contributed by atoms with Gasteiger partial charge in [-0.3, -0.25) is 4.72 Å². The van der Waals surface area contributed by atoms with Crippen LogP contribution >= 0.6 is 0 Å². The summed E-state index contributed by atoms with van der Waals surface area (Å²) in [5.41, 5.74) is 1.78. The highest BCUT2D eigenvalue weighted by molar-refractivity contribution is 7.92. The summed E-state index contributed by atoms with van der Waals surface area (Å²) in [6.45, 7) is 7.18. The van der Waals surface area contributed by atoms with Crippen LogP contribution in [-0.2, 0) is 16.4 Å². The predicted molar refractivity (Wildman–Crippen MR) is 133 cm³/mol. The smallest absolute Gasteiger partial charge is 0.449 e. The second-order valence-electron chi connectivity index (χ2n) is 8.68. The van der Waals surface area contributed by atoms with Crippen molar-refractivity contribution in [3.8, 4) is 5.75 Å². The highest BCUT2D eigenvalue weighted by Crippen LogP contribution is 2.46. The van der Waals surface area contributed by atoms with E-state index in [4.69, 9.17) is 4.74 Å². The van der Waals surface area contributed by atoms with Gasteiger partial charge in [-0.15, -0.1) is 0 Å². The number of hydrogen-bond acceptors (Lipinski definition) is 6. The second-order valence-corrected chi connectivity index (χ2v) is 10.3. The molecule has 0 aromatic heterocycles. The first-order chi connectivity index (χ1) is 16.7. The minimum atomic E-state index is -4.18. The lowest BCUT2D eigenvalue weighted by molar-refractivity contribution is 0.144. The normalized spacial score (nSPS) is 17.1. The van der Waals surface area contributed by atoms with Crippen LogP contribution in [0.3, 0.4) is 0 Å². The van der Waals surface area contributed by atoms with E-state index >= 15 is 0 Å². The van der Waals surface area contributed by atoms with E-state index in [1.807, 2.05) is 13.8 Å². The molecule has 0 aliphatic carbocycles. The Balaban J connectivity index is 1.68. The Hall–Kier alpha value is -3.11. The van der Waals surface area contributed by atoms with Gasteiger partial charge in [0.15, 0.2) is 5.75 Å². The number of ether oxygens (including phenoxy) is 1. The van der Waals surface area contributed by atoms with E-state index in [9.17, 15) is 22.7 Å². The van der Waals surface area contributed by atoms with Crippen molar-refractivity contribution >= 4 is 33.6 Å². The van der Waals surface area contributed by atoms with Gasteiger partial charge in [-0.2, -0.15) is 0 Å². The van der Waals surface area contributed by atoms with Crippen LogP contribution in [0.25, 0.3) is 6.08 Å². The maximum Gasteiger partial charge on any atom is 0.511 e. The minimum absolute atomic E-state index is 0.00582. The average Bonchev–Trinajstić information content (AvgIpc) is 3.39. The van der Waals surface area contributed by atoms with Crippen LogP contribution in [0.2, 0.25) is 0 Å². The van der Waals surface area contributed by atoms with E-state index in [1.165, 1.54) is 18.2 Å². The van der Waals surface area contributed by atoms with Crippen molar-refractivity contribution in [3.05, 3.63) is 53.4 Å². The zero-order valence-corrected chi connectivity index (χ0v) is 20.6. The molecule has 2 N–H and O–H groups in total. The van der Waals surface area contributed by atoms with Crippen LogP contribution in [0.5, 0.6) is 5.75 Å². The molecule has 10 heteroatoms. The lowest BCUT2D eigenvalue weighted by Gasteiger charge is -2.20. The molecule has 0 saturated carbocycles. The Morgan fingerprint density at radius 1 is 1.29 bits per heavy atom. The molecule has 0 bridgehead atoms. The van der Waals surface area contributed by atoms with Crippen molar-refractivity contribution in [1.29, 1.82) is 0 Å². The molecule has 8 nitrogen and oxygen atoms in total. The Morgan fingerprint density at radius 3 is 2.77 bits per heavy atom. The van der Waals surface area contributed by atoms with Gasteiger partial charge in [-0.1, -0.05) is 26.0 Å². The van der Waals surface area contributed by atoms with Gasteiger partial charge in [0, 0.05) is 30.4 Å². The third kappa shape index (κ3) is 5.28. The molecule has 1 fully saturated rings. The molecule has 0 amide bonds. The maximum atomic E-state index is 14.0. The van der Waals surface area contributed by atoms with Crippen molar-refractivity contribution in [2.24, 2.45) is 0 Å². The monoisotopic (exact) mass is 503 g/mol. The number of rotatable bonds is 9. The Labute approximate surface area is 205 Å². The molecule has 188 valence electrons. The highest BCUT2D eigenvalue weighted by Gasteiger charge is 2.36. The van der Waals surface area contributed by atoms with Crippen LogP contribution in [0.1, 0.15) is 37.8 Å². The van der Waals surface area contributed by atoms with E-state index in [0.29, 0.717) is 18.5 Å². The molecule has 2 aromatic rings. The average molecular weight is 504 g/mol. The molecular weight excluding hydrogens is 473 g/mol. The van der Waals surface area contributed by atoms with Gasteiger partial charge in [0.1, 0.15) is 5.82 Å². The van der Waals surface area contributed by atoms with Gasteiger partial charge in [0.25, 0.3) is 10.0 Å². The highest BCUT2D eigenvalue weighted by atomic mass is 32.2. The number of carboxylic acid groups (broad SMARTS) is 1. The zero-order valence-electron chi connectivity index (χ0n) is 19.8. The summed E-state index contributed by atoms with van der Waals surface area (Å²) >= 11 is 0. The molecule has 2 aliphatic rings. The van der Waals surface area contributed by atoms with Crippen molar-refractivity contribution in [2.75, 3.05) is 35.8 Å². The fraction of sp³-hybridized carbons (Fsp3) is 0.400. The molecule has 1 saturated heterocycles. The number of carbonyl (C=O) groups is 1. The largest absolute Gasteiger partial charge is 0.511 e. The molecule has 35 heavy (non-hydrogen) atoms. The number of nitrogens with one attached hydrogen (secondary N) is 1. The number of fused-ring (bicyclic) bond motifs is 3. The summed E-state index contributed by atoms with van der Waals surface area (Å²) < 4.78 is 48.3. The topological polar surface area (TPSA) is 99.2 Å². The van der Waals surface area contributed by atoms with Gasteiger partial charge < -0.3 is 19.6 Å². The van der Waals surface area contributed by atoms with Crippen molar-refractivity contribution < 1.29 is 27.4 Å².